The second-order valence-electron chi connectivity index (χ2n) is 7.19. The van der Waals surface area contributed by atoms with Gasteiger partial charge in [0.2, 0.25) is 5.91 Å². The van der Waals surface area contributed by atoms with E-state index < -0.39 is 17.6 Å². The zero-order chi connectivity index (χ0) is 23.2. The number of anilines is 1. The van der Waals surface area contributed by atoms with Gasteiger partial charge in [-0.15, -0.1) is 11.3 Å². The molecule has 0 fully saturated rings. The monoisotopic (exact) mass is 460 g/mol. The summed E-state index contributed by atoms with van der Waals surface area (Å²) in [6, 6.07) is 17.8. The Labute approximate surface area is 194 Å². The fourth-order valence-corrected chi connectivity index (χ4v) is 4.01. The standard InChI is InChI=1S/C25H21FN4O2S/c1-27-25(32)20-14-19(10-11-21(20)26)28-23(31)12-9-18-16-30(15-17-6-3-2-4-7-17)29-24(18)22-8-5-13-33-22/h2-14,16H,15H2,1H3,(H,27,32)(H,28,31)/b12-9+. The molecule has 0 saturated carbocycles. The van der Waals surface area contributed by atoms with Gasteiger partial charge < -0.3 is 10.6 Å². The molecule has 0 bridgehead atoms. The van der Waals surface area contributed by atoms with Crippen LogP contribution in [0.5, 0.6) is 0 Å². The van der Waals surface area contributed by atoms with Crippen molar-refractivity contribution in [2.75, 3.05) is 12.4 Å². The van der Waals surface area contributed by atoms with E-state index >= 15 is 0 Å². The van der Waals surface area contributed by atoms with Crippen LogP contribution in [0.2, 0.25) is 0 Å². The number of nitrogens with one attached hydrogen (secondary N) is 2. The van der Waals surface area contributed by atoms with Crippen LogP contribution >= 0.6 is 11.3 Å². The lowest BCUT2D eigenvalue weighted by Gasteiger charge is -2.06. The summed E-state index contributed by atoms with van der Waals surface area (Å²) in [5.74, 6) is -1.63. The molecule has 0 aliphatic rings. The van der Waals surface area contributed by atoms with Gasteiger partial charge in [-0.3, -0.25) is 14.3 Å². The minimum absolute atomic E-state index is 0.138. The minimum atomic E-state index is -0.658. The van der Waals surface area contributed by atoms with Gasteiger partial charge >= 0.3 is 0 Å². The molecular weight excluding hydrogens is 439 g/mol. The number of carbonyl (C=O) groups is 2. The van der Waals surface area contributed by atoms with E-state index in [-0.39, 0.29) is 5.56 Å². The SMILES string of the molecule is CNC(=O)c1cc(NC(=O)/C=C/c2cn(Cc3ccccc3)nc2-c2cccs2)ccc1F. The topological polar surface area (TPSA) is 76.0 Å². The van der Waals surface area contributed by atoms with Gasteiger partial charge in [0.15, 0.2) is 0 Å². The number of rotatable bonds is 7. The van der Waals surface area contributed by atoms with Crippen LogP contribution in [-0.2, 0) is 11.3 Å². The Morgan fingerprint density at radius 1 is 1.12 bits per heavy atom. The molecule has 6 nitrogen and oxygen atoms in total. The maximum Gasteiger partial charge on any atom is 0.254 e. The lowest BCUT2D eigenvalue weighted by Crippen LogP contribution is -2.19. The van der Waals surface area contributed by atoms with Crippen molar-refractivity contribution in [1.82, 2.24) is 15.1 Å². The second kappa shape index (κ2) is 10.1. The molecule has 0 saturated heterocycles. The molecule has 0 radical (unpaired) electrons. The zero-order valence-electron chi connectivity index (χ0n) is 17.8. The Bertz CT molecular complexity index is 1300. The Hall–Kier alpha value is -4.04. The van der Waals surface area contributed by atoms with E-state index in [4.69, 9.17) is 5.10 Å². The molecule has 0 unspecified atom stereocenters. The molecule has 166 valence electrons. The van der Waals surface area contributed by atoms with Crippen LogP contribution in [0.3, 0.4) is 0 Å². The van der Waals surface area contributed by atoms with E-state index in [1.807, 2.05) is 58.7 Å². The first kappa shape index (κ1) is 22.2. The summed E-state index contributed by atoms with van der Waals surface area (Å²) < 4.78 is 15.7. The summed E-state index contributed by atoms with van der Waals surface area (Å²) in [5.41, 5.74) is 2.89. The highest BCUT2D eigenvalue weighted by atomic mass is 32.1. The quantitative estimate of drug-likeness (QED) is 0.389. The highest BCUT2D eigenvalue weighted by molar-refractivity contribution is 7.13. The first-order valence-corrected chi connectivity index (χ1v) is 11.1. The van der Waals surface area contributed by atoms with Crippen LogP contribution in [0.25, 0.3) is 16.6 Å². The van der Waals surface area contributed by atoms with Crippen molar-refractivity contribution in [2.24, 2.45) is 0 Å². The van der Waals surface area contributed by atoms with E-state index in [0.717, 1.165) is 27.8 Å². The number of benzene rings is 2. The van der Waals surface area contributed by atoms with Crippen molar-refractivity contribution < 1.29 is 14.0 Å². The molecule has 4 rings (SSSR count). The summed E-state index contributed by atoms with van der Waals surface area (Å²) in [6.07, 6.45) is 4.99. The number of amides is 2. The van der Waals surface area contributed by atoms with Crippen LogP contribution in [0.1, 0.15) is 21.5 Å². The van der Waals surface area contributed by atoms with Crippen LogP contribution in [0, 0.1) is 5.82 Å². The van der Waals surface area contributed by atoms with Crippen molar-refractivity contribution >= 4 is 34.9 Å². The third kappa shape index (κ3) is 5.42. The number of aromatic nitrogens is 2. The predicted octanol–water partition coefficient (Wildman–Crippen LogP) is 4.81. The summed E-state index contributed by atoms with van der Waals surface area (Å²) >= 11 is 1.57. The maximum absolute atomic E-state index is 13.9. The molecule has 0 atom stereocenters. The van der Waals surface area contributed by atoms with Gasteiger partial charge in [0.05, 0.1) is 17.0 Å². The van der Waals surface area contributed by atoms with E-state index in [1.165, 1.54) is 25.3 Å². The molecule has 4 aromatic rings. The first-order chi connectivity index (χ1) is 16.0. The molecular formula is C25H21FN4O2S. The molecule has 2 N–H and O–H groups in total. The second-order valence-corrected chi connectivity index (χ2v) is 8.14. The van der Waals surface area contributed by atoms with Crippen molar-refractivity contribution in [2.45, 2.75) is 6.54 Å². The number of carbonyl (C=O) groups excluding carboxylic acids is 2. The van der Waals surface area contributed by atoms with Crippen LogP contribution in [0.4, 0.5) is 10.1 Å². The Morgan fingerprint density at radius 3 is 2.67 bits per heavy atom. The third-order valence-corrected chi connectivity index (χ3v) is 5.73. The number of halogens is 1. The van der Waals surface area contributed by atoms with E-state index in [0.29, 0.717) is 12.2 Å². The summed E-state index contributed by atoms with van der Waals surface area (Å²) in [4.78, 5) is 25.3. The Balaban J connectivity index is 1.54. The summed E-state index contributed by atoms with van der Waals surface area (Å²) in [5, 5.41) is 11.7. The number of hydrogen-bond donors (Lipinski definition) is 2. The van der Waals surface area contributed by atoms with Gasteiger partial charge in [-0.2, -0.15) is 5.10 Å². The van der Waals surface area contributed by atoms with E-state index in [2.05, 4.69) is 10.6 Å². The molecule has 0 aliphatic heterocycles. The van der Waals surface area contributed by atoms with Crippen molar-refractivity contribution in [3.8, 4) is 10.6 Å². The average molecular weight is 461 g/mol. The van der Waals surface area contributed by atoms with Crippen LogP contribution < -0.4 is 10.6 Å². The molecule has 33 heavy (non-hydrogen) atoms. The summed E-state index contributed by atoms with van der Waals surface area (Å²) in [6.45, 7) is 0.608. The van der Waals surface area contributed by atoms with Gasteiger partial charge in [-0.1, -0.05) is 36.4 Å². The van der Waals surface area contributed by atoms with Crippen molar-refractivity contribution in [3.05, 3.63) is 101 Å². The van der Waals surface area contributed by atoms with Gasteiger partial charge in [-0.25, -0.2) is 4.39 Å². The minimum Gasteiger partial charge on any atom is -0.355 e. The Morgan fingerprint density at radius 2 is 1.94 bits per heavy atom. The maximum atomic E-state index is 13.9. The van der Waals surface area contributed by atoms with E-state index in [1.54, 1.807) is 17.4 Å². The average Bonchev–Trinajstić information content (AvgIpc) is 3.49. The van der Waals surface area contributed by atoms with Gasteiger partial charge in [0.1, 0.15) is 11.5 Å². The fourth-order valence-electron chi connectivity index (χ4n) is 3.28. The molecule has 2 heterocycles. The van der Waals surface area contributed by atoms with Crippen molar-refractivity contribution in [1.29, 1.82) is 0 Å². The predicted molar refractivity (Wildman–Crippen MR) is 129 cm³/mol. The highest BCUT2D eigenvalue weighted by Gasteiger charge is 2.13. The van der Waals surface area contributed by atoms with Gasteiger partial charge in [-0.05, 0) is 41.3 Å². The smallest absolute Gasteiger partial charge is 0.254 e. The number of thiophene rings is 1. The first-order valence-electron chi connectivity index (χ1n) is 10.2. The largest absolute Gasteiger partial charge is 0.355 e. The third-order valence-electron chi connectivity index (χ3n) is 4.85. The van der Waals surface area contributed by atoms with Gasteiger partial charge in [0.25, 0.3) is 5.91 Å². The number of hydrogen-bond acceptors (Lipinski definition) is 4. The highest BCUT2D eigenvalue weighted by Crippen LogP contribution is 2.28. The Kier molecular flexibility index (Phi) is 6.75. The molecule has 2 amide bonds. The molecule has 0 spiro atoms. The van der Waals surface area contributed by atoms with E-state index in [9.17, 15) is 14.0 Å². The molecule has 0 aliphatic carbocycles. The van der Waals surface area contributed by atoms with Crippen LogP contribution in [0.15, 0.2) is 78.3 Å². The summed E-state index contributed by atoms with van der Waals surface area (Å²) in [7, 11) is 1.42. The molecule has 2 aromatic heterocycles. The van der Waals surface area contributed by atoms with Crippen molar-refractivity contribution in [3.63, 3.8) is 0 Å². The lowest BCUT2D eigenvalue weighted by molar-refractivity contribution is -0.111. The number of nitrogens with zero attached hydrogens (tertiary/aromatic N) is 2. The molecule has 8 heteroatoms. The van der Waals surface area contributed by atoms with Crippen LogP contribution in [-0.4, -0.2) is 28.6 Å². The van der Waals surface area contributed by atoms with Gasteiger partial charge in [0, 0.05) is 30.6 Å². The zero-order valence-corrected chi connectivity index (χ0v) is 18.6. The normalized spacial score (nSPS) is 11.0. The fraction of sp³-hybridized carbons (Fsp3) is 0.0800. The molecule has 2 aromatic carbocycles. The lowest BCUT2D eigenvalue weighted by atomic mass is 10.1.